The molecule has 1 fully saturated rings. The van der Waals surface area contributed by atoms with E-state index in [0.29, 0.717) is 24.9 Å². The third kappa shape index (κ3) is 3.93. The molecular formula is C12H20ClN3O3S. The van der Waals surface area contributed by atoms with Crippen molar-refractivity contribution in [1.29, 1.82) is 0 Å². The van der Waals surface area contributed by atoms with Crippen LogP contribution in [-0.2, 0) is 26.8 Å². The van der Waals surface area contributed by atoms with E-state index in [2.05, 4.69) is 10.2 Å². The van der Waals surface area contributed by atoms with E-state index in [1.54, 1.807) is 11.7 Å². The molecule has 0 spiro atoms. The average molecular weight is 322 g/mol. The molecule has 0 N–H and O–H groups in total. The molecule has 6 nitrogen and oxygen atoms in total. The second-order valence-electron chi connectivity index (χ2n) is 5.19. The van der Waals surface area contributed by atoms with Crippen LogP contribution in [-0.4, -0.2) is 36.9 Å². The zero-order valence-corrected chi connectivity index (χ0v) is 13.2. The van der Waals surface area contributed by atoms with E-state index in [9.17, 15) is 8.42 Å². The van der Waals surface area contributed by atoms with Crippen molar-refractivity contribution in [1.82, 2.24) is 14.8 Å². The Kier molecular flexibility index (Phi) is 5.40. The minimum Gasteiger partial charge on any atom is -0.383 e. The lowest BCUT2D eigenvalue weighted by Crippen LogP contribution is -2.17. The molecule has 0 aliphatic heterocycles. The molecule has 1 heterocycles. The maximum atomic E-state index is 11.5. The van der Waals surface area contributed by atoms with Crippen LogP contribution in [0.1, 0.15) is 37.9 Å². The van der Waals surface area contributed by atoms with Gasteiger partial charge in [-0.1, -0.05) is 32.1 Å². The van der Waals surface area contributed by atoms with Crippen molar-refractivity contribution in [3.63, 3.8) is 0 Å². The van der Waals surface area contributed by atoms with E-state index in [1.807, 2.05) is 0 Å². The van der Waals surface area contributed by atoms with E-state index >= 15 is 0 Å². The fourth-order valence-electron chi connectivity index (χ4n) is 2.71. The van der Waals surface area contributed by atoms with Gasteiger partial charge in [0.05, 0.1) is 6.61 Å². The third-order valence-corrected chi connectivity index (χ3v) is 4.88. The van der Waals surface area contributed by atoms with Crippen molar-refractivity contribution in [2.75, 3.05) is 13.7 Å². The number of rotatable bonds is 6. The molecule has 0 unspecified atom stereocenters. The Morgan fingerprint density at radius 3 is 2.60 bits per heavy atom. The normalized spacial score (nSPS) is 17.5. The van der Waals surface area contributed by atoms with Gasteiger partial charge in [0.2, 0.25) is 0 Å². The molecule has 1 aliphatic rings. The van der Waals surface area contributed by atoms with Gasteiger partial charge in [-0.15, -0.1) is 10.2 Å². The average Bonchev–Trinajstić information content (AvgIpc) is 2.80. The van der Waals surface area contributed by atoms with Gasteiger partial charge in [0.1, 0.15) is 5.82 Å². The van der Waals surface area contributed by atoms with Gasteiger partial charge < -0.3 is 4.74 Å². The number of ether oxygens (including phenoxy) is 1. The summed E-state index contributed by atoms with van der Waals surface area (Å²) >= 11 is 0. The summed E-state index contributed by atoms with van der Waals surface area (Å²) in [4.78, 5) is 0. The summed E-state index contributed by atoms with van der Waals surface area (Å²) in [6.07, 6.45) is 6.84. The quantitative estimate of drug-likeness (QED) is 0.749. The highest BCUT2D eigenvalue weighted by Gasteiger charge is 2.24. The Labute approximate surface area is 123 Å². The second kappa shape index (κ2) is 6.87. The number of nitrogens with zero attached hydrogens (tertiary/aromatic N) is 3. The molecule has 1 aromatic rings. The SMILES string of the molecule is COCCn1c(CC2CCCCC2)nnc1S(=O)(=O)Cl. The molecule has 114 valence electrons. The van der Waals surface area contributed by atoms with Crippen LogP contribution in [0.15, 0.2) is 5.16 Å². The van der Waals surface area contributed by atoms with Gasteiger partial charge in [-0.25, -0.2) is 8.42 Å². The van der Waals surface area contributed by atoms with Crippen LogP contribution in [0.25, 0.3) is 0 Å². The smallest absolute Gasteiger partial charge is 0.296 e. The minimum absolute atomic E-state index is 0.179. The molecule has 0 aromatic carbocycles. The first-order valence-corrected chi connectivity index (χ1v) is 9.19. The Balaban J connectivity index is 2.20. The number of aromatic nitrogens is 3. The zero-order valence-electron chi connectivity index (χ0n) is 11.6. The molecule has 0 radical (unpaired) electrons. The summed E-state index contributed by atoms with van der Waals surface area (Å²) in [6.45, 7) is 0.794. The summed E-state index contributed by atoms with van der Waals surface area (Å²) < 4.78 is 29.6. The van der Waals surface area contributed by atoms with E-state index < -0.39 is 9.05 Å². The Bertz CT molecular complexity index is 538. The first-order valence-electron chi connectivity index (χ1n) is 6.88. The monoisotopic (exact) mass is 321 g/mol. The van der Waals surface area contributed by atoms with Gasteiger partial charge in [0.25, 0.3) is 14.2 Å². The fourth-order valence-corrected chi connectivity index (χ4v) is 3.65. The Hall–Kier alpha value is -0.660. The van der Waals surface area contributed by atoms with Gasteiger partial charge in [-0.2, -0.15) is 0 Å². The van der Waals surface area contributed by atoms with Crippen molar-refractivity contribution in [3.05, 3.63) is 5.82 Å². The molecule has 20 heavy (non-hydrogen) atoms. The summed E-state index contributed by atoms with van der Waals surface area (Å²) in [6, 6.07) is 0. The van der Waals surface area contributed by atoms with E-state index in [1.165, 1.54) is 32.1 Å². The highest BCUT2D eigenvalue weighted by molar-refractivity contribution is 8.13. The number of hydrogen-bond donors (Lipinski definition) is 0. The minimum atomic E-state index is -3.88. The van der Waals surface area contributed by atoms with Crippen LogP contribution < -0.4 is 0 Å². The van der Waals surface area contributed by atoms with Crippen LogP contribution in [0.2, 0.25) is 0 Å². The fraction of sp³-hybridized carbons (Fsp3) is 0.833. The van der Waals surface area contributed by atoms with E-state index in [0.717, 1.165) is 6.42 Å². The Morgan fingerprint density at radius 2 is 2.00 bits per heavy atom. The molecule has 0 bridgehead atoms. The lowest BCUT2D eigenvalue weighted by Gasteiger charge is -2.21. The van der Waals surface area contributed by atoms with Crippen molar-refractivity contribution in [3.8, 4) is 0 Å². The molecule has 0 saturated heterocycles. The van der Waals surface area contributed by atoms with Crippen LogP contribution in [0.5, 0.6) is 0 Å². The standard InChI is InChI=1S/C12H20ClN3O3S/c1-19-8-7-16-11(9-10-5-3-2-4-6-10)14-15-12(16)20(13,17)18/h10H,2-9H2,1H3. The predicted molar refractivity (Wildman–Crippen MR) is 75.2 cm³/mol. The predicted octanol–water partition coefficient (Wildman–Crippen LogP) is 1.97. The number of hydrogen-bond acceptors (Lipinski definition) is 5. The summed E-state index contributed by atoms with van der Waals surface area (Å²) in [7, 11) is 3.10. The van der Waals surface area contributed by atoms with E-state index in [-0.39, 0.29) is 5.16 Å². The molecule has 1 aliphatic carbocycles. The lowest BCUT2D eigenvalue weighted by molar-refractivity contribution is 0.183. The summed E-state index contributed by atoms with van der Waals surface area (Å²) in [5, 5.41) is 7.59. The number of methoxy groups -OCH3 is 1. The van der Waals surface area contributed by atoms with Crippen molar-refractivity contribution in [2.45, 2.75) is 50.2 Å². The lowest BCUT2D eigenvalue weighted by atomic mass is 9.87. The Morgan fingerprint density at radius 1 is 1.30 bits per heavy atom. The van der Waals surface area contributed by atoms with Gasteiger partial charge in [0, 0.05) is 30.8 Å². The van der Waals surface area contributed by atoms with Crippen LogP contribution in [0.4, 0.5) is 0 Å². The first-order chi connectivity index (χ1) is 9.52. The molecule has 2 rings (SSSR count). The maximum Gasteiger partial charge on any atom is 0.296 e. The first kappa shape index (κ1) is 15.7. The maximum absolute atomic E-state index is 11.5. The molecular weight excluding hydrogens is 302 g/mol. The van der Waals surface area contributed by atoms with Gasteiger partial charge in [-0.3, -0.25) is 4.57 Å². The molecule has 0 amide bonds. The molecule has 1 saturated carbocycles. The molecule has 0 atom stereocenters. The third-order valence-electron chi connectivity index (χ3n) is 3.73. The summed E-state index contributed by atoms with van der Waals surface area (Å²) in [5.74, 6) is 1.24. The van der Waals surface area contributed by atoms with Crippen LogP contribution in [0, 0.1) is 5.92 Å². The molecule has 8 heteroatoms. The number of halogens is 1. The van der Waals surface area contributed by atoms with Crippen LogP contribution in [0.3, 0.4) is 0 Å². The van der Waals surface area contributed by atoms with Gasteiger partial charge >= 0.3 is 0 Å². The van der Waals surface area contributed by atoms with Crippen LogP contribution >= 0.6 is 10.7 Å². The van der Waals surface area contributed by atoms with Crippen molar-refractivity contribution < 1.29 is 13.2 Å². The highest BCUT2D eigenvalue weighted by Crippen LogP contribution is 2.27. The topological polar surface area (TPSA) is 74.1 Å². The van der Waals surface area contributed by atoms with Crippen molar-refractivity contribution in [2.24, 2.45) is 5.92 Å². The highest BCUT2D eigenvalue weighted by atomic mass is 35.7. The largest absolute Gasteiger partial charge is 0.383 e. The van der Waals surface area contributed by atoms with Gasteiger partial charge in [0.15, 0.2) is 0 Å². The molecule has 1 aromatic heterocycles. The van der Waals surface area contributed by atoms with Crippen molar-refractivity contribution >= 4 is 19.7 Å². The van der Waals surface area contributed by atoms with Gasteiger partial charge in [-0.05, 0) is 5.92 Å². The summed E-state index contributed by atoms with van der Waals surface area (Å²) in [5.41, 5.74) is 0. The zero-order chi connectivity index (χ0) is 14.6. The van der Waals surface area contributed by atoms with E-state index in [4.69, 9.17) is 15.4 Å². The second-order valence-corrected chi connectivity index (χ2v) is 7.65.